The van der Waals surface area contributed by atoms with Gasteiger partial charge >= 0.3 is 12.0 Å². The van der Waals surface area contributed by atoms with E-state index in [2.05, 4.69) is 16.0 Å². The molecule has 1 saturated carbocycles. The van der Waals surface area contributed by atoms with Crippen LogP contribution in [-0.2, 0) is 0 Å². The van der Waals surface area contributed by atoms with Gasteiger partial charge in [-0.2, -0.15) is 0 Å². The van der Waals surface area contributed by atoms with E-state index < -0.39 is 11.9 Å². The van der Waals surface area contributed by atoms with Crippen LogP contribution in [0.2, 0.25) is 5.02 Å². The van der Waals surface area contributed by atoms with Crippen molar-refractivity contribution in [3.05, 3.63) is 113 Å². The number of rotatable bonds is 9. The van der Waals surface area contributed by atoms with Gasteiger partial charge in [0.1, 0.15) is 17.2 Å². The molecule has 9 nitrogen and oxygen atoms in total. The zero-order chi connectivity index (χ0) is 30.2. The second kappa shape index (κ2) is 13.8. The number of carbonyl (C=O) groups is 3. The van der Waals surface area contributed by atoms with Gasteiger partial charge in [0.25, 0.3) is 5.91 Å². The molecule has 0 aliphatic heterocycles. The summed E-state index contributed by atoms with van der Waals surface area (Å²) in [6, 6.07) is 26.9. The first-order chi connectivity index (χ1) is 20.8. The summed E-state index contributed by atoms with van der Waals surface area (Å²) in [5.74, 6) is 0.348. The van der Waals surface area contributed by atoms with Crippen molar-refractivity contribution in [2.45, 2.75) is 37.8 Å². The largest absolute Gasteiger partial charge is 0.490 e. The predicted molar refractivity (Wildman–Crippen MR) is 165 cm³/mol. The van der Waals surface area contributed by atoms with Crippen molar-refractivity contribution in [2.75, 3.05) is 10.6 Å². The number of aromatic carboxylic acids is 1. The minimum atomic E-state index is -1.12. The first-order valence-electron chi connectivity index (χ1n) is 13.8. The first kappa shape index (κ1) is 29.5. The average molecular weight is 600 g/mol. The maximum atomic E-state index is 12.6. The highest BCUT2D eigenvalue weighted by Gasteiger charge is 2.24. The van der Waals surface area contributed by atoms with Gasteiger partial charge in [0.15, 0.2) is 0 Å². The number of amides is 3. The van der Waals surface area contributed by atoms with Gasteiger partial charge in [-0.05, 0) is 111 Å². The van der Waals surface area contributed by atoms with Gasteiger partial charge in [0.05, 0.1) is 17.4 Å². The number of nitrogens with one attached hydrogen (secondary N) is 3. The molecule has 1 aliphatic rings. The number of anilines is 2. The van der Waals surface area contributed by atoms with Crippen molar-refractivity contribution in [2.24, 2.45) is 0 Å². The SMILES string of the molecule is O=C(Nc1ccc(Cl)cc1)NC1CCC(Oc2ccc(Oc3ccc(C(=O)Nc4ccccc4C(=O)O)cc3)cc2)CC1. The summed E-state index contributed by atoms with van der Waals surface area (Å²) in [4.78, 5) is 36.3. The summed E-state index contributed by atoms with van der Waals surface area (Å²) in [5, 5.41) is 18.4. The molecule has 43 heavy (non-hydrogen) atoms. The van der Waals surface area contributed by atoms with Gasteiger partial charge in [0.2, 0.25) is 0 Å². The fourth-order valence-corrected chi connectivity index (χ4v) is 4.90. The molecule has 3 amide bonds. The van der Waals surface area contributed by atoms with Crippen molar-refractivity contribution in [1.82, 2.24) is 5.32 Å². The zero-order valence-electron chi connectivity index (χ0n) is 23.1. The van der Waals surface area contributed by atoms with E-state index in [0.717, 1.165) is 31.4 Å². The van der Waals surface area contributed by atoms with Crippen molar-refractivity contribution in [3.63, 3.8) is 0 Å². The molecule has 5 rings (SSSR count). The molecule has 10 heteroatoms. The van der Waals surface area contributed by atoms with Gasteiger partial charge in [-0.15, -0.1) is 0 Å². The summed E-state index contributed by atoms with van der Waals surface area (Å²) < 4.78 is 12.1. The number of carbonyl (C=O) groups excluding carboxylic acids is 2. The molecule has 0 spiro atoms. The van der Waals surface area contributed by atoms with E-state index in [1.165, 1.54) is 6.07 Å². The van der Waals surface area contributed by atoms with Crippen LogP contribution in [0.15, 0.2) is 97.1 Å². The number of para-hydroxylation sites is 1. The Morgan fingerprint density at radius 3 is 1.98 bits per heavy atom. The normalized spacial score (nSPS) is 16.0. The molecule has 0 heterocycles. The van der Waals surface area contributed by atoms with E-state index >= 15 is 0 Å². The predicted octanol–water partition coefficient (Wildman–Crippen LogP) is 7.59. The Kier molecular flexibility index (Phi) is 9.43. The zero-order valence-corrected chi connectivity index (χ0v) is 23.8. The van der Waals surface area contributed by atoms with E-state index in [4.69, 9.17) is 21.1 Å². The Bertz CT molecular complexity index is 1570. The number of carboxylic acids is 1. The van der Waals surface area contributed by atoms with E-state index in [-0.39, 0.29) is 29.4 Å². The molecular weight excluding hydrogens is 570 g/mol. The van der Waals surface area contributed by atoms with Crippen molar-refractivity contribution < 1.29 is 29.0 Å². The van der Waals surface area contributed by atoms with Crippen LogP contribution >= 0.6 is 11.6 Å². The minimum Gasteiger partial charge on any atom is -0.490 e. The highest BCUT2D eigenvalue weighted by atomic mass is 35.5. The van der Waals surface area contributed by atoms with Gasteiger partial charge in [-0.25, -0.2) is 9.59 Å². The Hall–Kier alpha value is -5.02. The number of urea groups is 1. The molecule has 0 radical (unpaired) electrons. The molecule has 0 atom stereocenters. The molecule has 0 unspecified atom stereocenters. The van der Waals surface area contributed by atoms with Gasteiger partial charge in [-0.3, -0.25) is 4.79 Å². The average Bonchev–Trinajstić information content (AvgIpc) is 3.01. The third-order valence-corrected chi connectivity index (χ3v) is 7.25. The summed E-state index contributed by atoms with van der Waals surface area (Å²) >= 11 is 5.89. The van der Waals surface area contributed by atoms with Crippen LogP contribution < -0.4 is 25.4 Å². The van der Waals surface area contributed by atoms with E-state index in [1.807, 2.05) is 24.3 Å². The van der Waals surface area contributed by atoms with Crippen LogP contribution in [0.4, 0.5) is 16.2 Å². The molecule has 4 aromatic rings. The molecule has 0 saturated heterocycles. The highest BCUT2D eigenvalue weighted by molar-refractivity contribution is 6.30. The Labute approximate surface area is 253 Å². The number of hydrogen-bond acceptors (Lipinski definition) is 5. The standard InChI is InChI=1S/C33H30ClN3O6/c34-22-7-9-23(10-8-22)35-33(41)36-24-11-15-26(16-12-24)43-28-19-17-27(18-20-28)42-25-13-5-21(6-14-25)31(38)37-30-4-2-1-3-29(30)32(39)40/h1-10,13-14,17-20,24,26H,11-12,15-16H2,(H,37,38)(H,39,40)(H2,35,36,41). The van der Waals surface area contributed by atoms with Gasteiger partial charge < -0.3 is 30.5 Å². The van der Waals surface area contributed by atoms with E-state index in [9.17, 15) is 19.5 Å². The van der Waals surface area contributed by atoms with Crippen LogP contribution in [0, 0.1) is 0 Å². The molecule has 1 fully saturated rings. The Morgan fingerprint density at radius 2 is 1.33 bits per heavy atom. The van der Waals surface area contributed by atoms with Crippen LogP contribution in [0.25, 0.3) is 0 Å². The number of ether oxygens (including phenoxy) is 2. The van der Waals surface area contributed by atoms with Crippen molar-refractivity contribution >= 4 is 40.9 Å². The second-order valence-corrected chi connectivity index (χ2v) is 10.5. The van der Waals surface area contributed by atoms with Gasteiger partial charge in [-0.1, -0.05) is 23.7 Å². The van der Waals surface area contributed by atoms with Crippen LogP contribution in [0.1, 0.15) is 46.4 Å². The van der Waals surface area contributed by atoms with E-state index in [0.29, 0.717) is 27.8 Å². The monoisotopic (exact) mass is 599 g/mol. The first-order valence-corrected chi connectivity index (χ1v) is 14.2. The molecular formula is C33H30ClN3O6. The summed E-state index contributed by atoms with van der Waals surface area (Å²) in [7, 11) is 0. The smallest absolute Gasteiger partial charge is 0.337 e. The minimum absolute atomic E-state index is 0.0168. The molecule has 1 aliphatic carbocycles. The summed E-state index contributed by atoms with van der Waals surface area (Å²) in [6.45, 7) is 0. The molecule has 220 valence electrons. The third-order valence-electron chi connectivity index (χ3n) is 7.00. The summed E-state index contributed by atoms with van der Waals surface area (Å²) in [6.07, 6.45) is 3.35. The third kappa shape index (κ3) is 8.27. The lowest BCUT2D eigenvalue weighted by Gasteiger charge is -2.29. The summed E-state index contributed by atoms with van der Waals surface area (Å²) in [5.41, 5.74) is 1.30. The number of benzene rings is 4. The van der Waals surface area contributed by atoms with Gasteiger partial charge in [0, 0.05) is 22.3 Å². The van der Waals surface area contributed by atoms with Crippen LogP contribution in [0.3, 0.4) is 0 Å². The maximum Gasteiger partial charge on any atom is 0.337 e. The lowest BCUT2D eigenvalue weighted by atomic mass is 9.93. The fraction of sp³-hybridized carbons (Fsp3) is 0.182. The molecule has 0 bridgehead atoms. The second-order valence-electron chi connectivity index (χ2n) is 10.1. The number of halogens is 1. The van der Waals surface area contributed by atoms with Crippen molar-refractivity contribution in [3.8, 4) is 17.2 Å². The lowest BCUT2D eigenvalue weighted by molar-refractivity contribution is 0.0698. The number of carboxylic acid groups (broad SMARTS) is 1. The molecule has 4 aromatic carbocycles. The topological polar surface area (TPSA) is 126 Å². The van der Waals surface area contributed by atoms with Crippen LogP contribution in [0.5, 0.6) is 17.2 Å². The molecule has 0 aromatic heterocycles. The van der Waals surface area contributed by atoms with E-state index in [1.54, 1.807) is 66.7 Å². The Morgan fingerprint density at radius 1 is 0.721 bits per heavy atom. The van der Waals surface area contributed by atoms with Crippen LogP contribution in [-0.4, -0.2) is 35.2 Å². The lowest BCUT2D eigenvalue weighted by Crippen LogP contribution is -2.41. The fourth-order valence-electron chi connectivity index (χ4n) is 4.77. The Balaban J connectivity index is 1.06. The quantitative estimate of drug-likeness (QED) is 0.157. The molecule has 4 N–H and O–H groups in total. The van der Waals surface area contributed by atoms with Crippen molar-refractivity contribution in [1.29, 1.82) is 0 Å². The number of hydrogen-bond donors (Lipinski definition) is 4. The maximum absolute atomic E-state index is 12.6. The highest BCUT2D eigenvalue weighted by Crippen LogP contribution is 2.28.